The zero-order chi connectivity index (χ0) is 17.1. The summed E-state index contributed by atoms with van der Waals surface area (Å²) in [4.78, 5) is 28.5. The van der Waals surface area contributed by atoms with Crippen molar-refractivity contribution in [1.29, 1.82) is 0 Å². The topological polar surface area (TPSA) is 89.2 Å². The van der Waals surface area contributed by atoms with Gasteiger partial charge in [0.15, 0.2) is 5.69 Å². The third kappa shape index (κ3) is 2.91. The van der Waals surface area contributed by atoms with Gasteiger partial charge in [-0.2, -0.15) is 10.2 Å². The fourth-order valence-electron chi connectivity index (χ4n) is 2.30. The molecule has 1 amide bonds. The number of benzene rings is 1. The van der Waals surface area contributed by atoms with E-state index in [2.05, 4.69) is 20.6 Å². The number of hydrogen-bond donors (Lipinski definition) is 1. The number of carbonyl (C=O) groups is 1. The maximum Gasteiger partial charge on any atom is 0.292 e. The summed E-state index contributed by atoms with van der Waals surface area (Å²) in [6, 6.07) is 10.5. The number of hydrazone groups is 1. The maximum atomic E-state index is 12.4. The lowest BCUT2D eigenvalue weighted by molar-refractivity contribution is 0.0949. The van der Waals surface area contributed by atoms with E-state index in [0.717, 1.165) is 10.2 Å². The summed E-state index contributed by atoms with van der Waals surface area (Å²) in [6.07, 6.45) is 3.32. The number of hydrogen-bond acceptors (Lipinski definition) is 5. The van der Waals surface area contributed by atoms with Crippen molar-refractivity contribution in [3.63, 3.8) is 0 Å². The summed E-state index contributed by atoms with van der Waals surface area (Å²) in [5.41, 5.74) is 3.79. The van der Waals surface area contributed by atoms with E-state index in [9.17, 15) is 9.59 Å². The third-order valence-corrected chi connectivity index (χ3v) is 3.58. The molecule has 0 aliphatic rings. The predicted molar refractivity (Wildman–Crippen MR) is 90.9 cm³/mol. The van der Waals surface area contributed by atoms with Crippen LogP contribution in [0.15, 0.2) is 58.7 Å². The normalized spacial score (nSPS) is 11.5. The van der Waals surface area contributed by atoms with Gasteiger partial charge in [-0.3, -0.25) is 14.6 Å². The molecule has 3 rings (SSSR count). The van der Waals surface area contributed by atoms with Gasteiger partial charge in [-0.05, 0) is 19.1 Å². The molecule has 7 nitrogen and oxygen atoms in total. The smallest absolute Gasteiger partial charge is 0.267 e. The highest BCUT2D eigenvalue weighted by Crippen LogP contribution is 2.12. The van der Waals surface area contributed by atoms with E-state index in [1.165, 1.54) is 7.05 Å². The zero-order valence-corrected chi connectivity index (χ0v) is 13.2. The molecule has 0 fully saturated rings. The van der Waals surface area contributed by atoms with Crippen LogP contribution in [0.4, 0.5) is 0 Å². The van der Waals surface area contributed by atoms with E-state index in [0.29, 0.717) is 16.5 Å². The Hall–Kier alpha value is -3.35. The first-order chi connectivity index (χ1) is 11.6. The van der Waals surface area contributed by atoms with Gasteiger partial charge >= 0.3 is 0 Å². The molecule has 7 heteroatoms. The van der Waals surface area contributed by atoms with Crippen molar-refractivity contribution in [2.24, 2.45) is 12.1 Å². The Morgan fingerprint density at radius 1 is 1.17 bits per heavy atom. The number of carbonyl (C=O) groups excluding carboxylic acids is 1. The third-order valence-electron chi connectivity index (χ3n) is 3.58. The van der Waals surface area contributed by atoms with Gasteiger partial charge in [-0.1, -0.05) is 24.3 Å². The van der Waals surface area contributed by atoms with Crippen LogP contribution in [0.3, 0.4) is 0 Å². The van der Waals surface area contributed by atoms with E-state index >= 15 is 0 Å². The molecule has 0 aliphatic carbocycles. The lowest BCUT2D eigenvalue weighted by Crippen LogP contribution is -2.27. The molecule has 0 spiro atoms. The Morgan fingerprint density at radius 3 is 2.62 bits per heavy atom. The van der Waals surface area contributed by atoms with Crippen molar-refractivity contribution in [3.8, 4) is 0 Å². The number of nitrogens with zero attached hydrogens (tertiary/aromatic N) is 4. The first kappa shape index (κ1) is 15.5. The van der Waals surface area contributed by atoms with Crippen molar-refractivity contribution in [2.75, 3.05) is 0 Å². The van der Waals surface area contributed by atoms with Crippen molar-refractivity contribution in [1.82, 2.24) is 20.2 Å². The lowest BCUT2D eigenvalue weighted by atomic mass is 10.1. The van der Waals surface area contributed by atoms with E-state index < -0.39 is 5.91 Å². The Labute approximate surface area is 137 Å². The number of amides is 1. The van der Waals surface area contributed by atoms with Crippen molar-refractivity contribution in [2.45, 2.75) is 6.92 Å². The highest BCUT2D eigenvalue weighted by Gasteiger charge is 2.15. The first-order valence-corrected chi connectivity index (χ1v) is 7.29. The second-order valence-corrected chi connectivity index (χ2v) is 5.20. The van der Waals surface area contributed by atoms with Crippen LogP contribution in [0.25, 0.3) is 10.8 Å². The van der Waals surface area contributed by atoms with Crippen molar-refractivity contribution in [3.05, 3.63) is 70.4 Å². The maximum absolute atomic E-state index is 12.4. The Bertz CT molecular complexity index is 993. The summed E-state index contributed by atoms with van der Waals surface area (Å²) >= 11 is 0. The minimum absolute atomic E-state index is 0.149. The molecule has 0 radical (unpaired) electrons. The molecule has 1 aromatic carbocycles. The van der Waals surface area contributed by atoms with Crippen molar-refractivity contribution < 1.29 is 4.79 Å². The van der Waals surface area contributed by atoms with Gasteiger partial charge < -0.3 is 0 Å². The quantitative estimate of drug-likeness (QED) is 0.584. The van der Waals surface area contributed by atoms with Crippen LogP contribution in [-0.2, 0) is 7.05 Å². The van der Waals surface area contributed by atoms with Gasteiger partial charge in [-0.25, -0.2) is 10.1 Å². The van der Waals surface area contributed by atoms with Crippen LogP contribution < -0.4 is 11.0 Å². The van der Waals surface area contributed by atoms with E-state index in [1.54, 1.807) is 49.6 Å². The molecular formula is C17H15N5O2. The molecule has 3 aromatic rings. The Kier molecular flexibility index (Phi) is 4.15. The number of pyridine rings is 1. The van der Waals surface area contributed by atoms with Gasteiger partial charge in [0.25, 0.3) is 11.5 Å². The molecule has 2 aromatic heterocycles. The Balaban J connectivity index is 1.95. The highest BCUT2D eigenvalue weighted by atomic mass is 16.2. The molecule has 1 N–H and O–H groups in total. The van der Waals surface area contributed by atoms with Gasteiger partial charge in [0.1, 0.15) is 0 Å². The monoisotopic (exact) mass is 321 g/mol. The fraction of sp³-hybridized carbons (Fsp3) is 0.118. The molecule has 2 heterocycles. The molecule has 0 saturated heterocycles. The summed E-state index contributed by atoms with van der Waals surface area (Å²) in [7, 11) is 1.51. The number of rotatable bonds is 3. The van der Waals surface area contributed by atoms with Crippen molar-refractivity contribution >= 4 is 22.4 Å². The molecule has 24 heavy (non-hydrogen) atoms. The van der Waals surface area contributed by atoms with E-state index in [4.69, 9.17) is 0 Å². The Morgan fingerprint density at radius 2 is 1.92 bits per heavy atom. The highest BCUT2D eigenvalue weighted by molar-refractivity contribution is 6.06. The average Bonchev–Trinajstić information content (AvgIpc) is 2.63. The summed E-state index contributed by atoms with van der Waals surface area (Å²) in [5.74, 6) is -0.481. The molecular weight excluding hydrogens is 306 g/mol. The van der Waals surface area contributed by atoms with Gasteiger partial charge in [0.05, 0.1) is 11.1 Å². The molecule has 0 aliphatic heterocycles. The number of fused-ring (bicyclic) bond motifs is 1. The molecule has 0 saturated carbocycles. The first-order valence-electron chi connectivity index (χ1n) is 7.29. The van der Waals surface area contributed by atoms with Crippen LogP contribution in [0.1, 0.15) is 23.0 Å². The predicted octanol–water partition coefficient (Wildman–Crippen LogP) is 1.48. The molecule has 0 unspecified atom stereocenters. The van der Waals surface area contributed by atoms with Gasteiger partial charge in [0.2, 0.25) is 0 Å². The lowest BCUT2D eigenvalue weighted by Gasteiger charge is -2.07. The fourth-order valence-corrected chi connectivity index (χ4v) is 2.30. The molecule has 0 atom stereocenters. The number of aryl methyl sites for hydroxylation is 1. The minimum Gasteiger partial charge on any atom is -0.267 e. The standard InChI is InChI=1S/C17H15N5O2/c1-11(12-6-5-9-18-10-12)19-20-16(23)15-13-7-3-4-8-14(13)17(24)22(2)21-15/h3-10H,1-2H3,(H,20,23)/b19-11+. The van der Waals surface area contributed by atoms with E-state index in [1.807, 2.05) is 6.07 Å². The molecule has 0 bridgehead atoms. The number of nitrogens with one attached hydrogen (secondary N) is 1. The van der Waals surface area contributed by atoms with Crippen LogP contribution in [0.5, 0.6) is 0 Å². The van der Waals surface area contributed by atoms with Crippen LogP contribution in [-0.4, -0.2) is 26.4 Å². The van der Waals surface area contributed by atoms with Gasteiger partial charge in [-0.15, -0.1) is 0 Å². The van der Waals surface area contributed by atoms with Crippen LogP contribution in [0, 0.1) is 0 Å². The molecule has 120 valence electrons. The summed E-state index contributed by atoms with van der Waals surface area (Å²) < 4.78 is 1.15. The largest absolute Gasteiger partial charge is 0.292 e. The van der Waals surface area contributed by atoms with Gasteiger partial charge in [0, 0.05) is 30.4 Å². The van der Waals surface area contributed by atoms with Crippen LogP contribution >= 0.6 is 0 Å². The minimum atomic E-state index is -0.481. The second kappa shape index (κ2) is 6.41. The summed E-state index contributed by atoms with van der Waals surface area (Å²) in [5, 5.41) is 9.07. The average molecular weight is 321 g/mol. The number of aromatic nitrogens is 3. The van der Waals surface area contributed by atoms with E-state index in [-0.39, 0.29) is 11.3 Å². The second-order valence-electron chi connectivity index (χ2n) is 5.20. The SMILES string of the molecule is C/C(=N\NC(=O)c1nn(C)c(=O)c2ccccc12)c1cccnc1. The summed E-state index contributed by atoms with van der Waals surface area (Å²) in [6.45, 7) is 1.77. The van der Waals surface area contributed by atoms with Crippen LogP contribution in [0.2, 0.25) is 0 Å². The zero-order valence-electron chi connectivity index (χ0n) is 13.2.